The van der Waals surface area contributed by atoms with Crippen molar-refractivity contribution in [1.29, 1.82) is 0 Å². The van der Waals surface area contributed by atoms with E-state index >= 15 is 0 Å². The third-order valence-electron chi connectivity index (χ3n) is 5.86. The lowest BCUT2D eigenvalue weighted by Crippen LogP contribution is -2.58. The van der Waals surface area contributed by atoms with Crippen LogP contribution in [0.3, 0.4) is 0 Å². The number of esters is 1. The summed E-state index contributed by atoms with van der Waals surface area (Å²) < 4.78 is 51.4. The van der Waals surface area contributed by atoms with Crippen LogP contribution < -0.4 is 0 Å². The molecule has 174 valence electrons. The summed E-state index contributed by atoms with van der Waals surface area (Å²) in [5.74, 6) is -1.59. The van der Waals surface area contributed by atoms with Crippen molar-refractivity contribution in [3.05, 3.63) is 47.5 Å². The number of hydrogen-bond acceptors (Lipinski definition) is 9. The highest BCUT2D eigenvalue weighted by molar-refractivity contribution is 7.86. The van der Waals surface area contributed by atoms with Crippen LogP contribution in [0.15, 0.2) is 47.0 Å². The van der Waals surface area contributed by atoms with Gasteiger partial charge in [0.15, 0.2) is 11.9 Å². The zero-order valence-corrected chi connectivity index (χ0v) is 19.3. The molecule has 0 spiro atoms. The standard InChI is InChI=1S/C22H27NO8S/c1-21(2)28-13-17(31-21)16-10-14(12-29-32(4,25)26)11-18-22(16,20(24)27-3)23-19(30-18)15-8-6-5-7-9-15/h5-9,11,16-18H,10,12-13H2,1-4H3/t16-,17-,18-,22+/m0/s1. The van der Waals surface area contributed by atoms with Crippen molar-refractivity contribution in [2.45, 2.75) is 43.8 Å². The molecule has 1 aromatic carbocycles. The van der Waals surface area contributed by atoms with Gasteiger partial charge < -0.3 is 18.9 Å². The monoisotopic (exact) mass is 465 g/mol. The van der Waals surface area contributed by atoms with Crippen molar-refractivity contribution >= 4 is 22.0 Å². The number of carbonyl (C=O) groups excluding carboxylic acids is 1. The van der Waals surface area contributed by atoms with Gasteiger partial charge in [-0.1, -0.05) is 18.2 Å². The Hall–Kier alpha value is -2.27. The molecule has 0 N–H and O–H groups in total. The van der Waals surface area contributed by atoms with Crippen molar-refractivity contribution < 1.29 is 36.3 Å². The SMILES string of the molecule is COC(=O)[C@]12N=C(c3ccccc3)O[C@H]1C=C(COS(C)(=O)=O)C[C@H]2[C@@H]1COC(C)(C)O1. The van der Waals surface area contributed by atoms with Gasteiger partial charge in [0.1, 0.15) is 0 Å². The van der Waals surface area contributed by atoms with Gasteiger partial charge in [-0.3, -0.25) is 4.18 Å². The molecule has 1 aromatic rings. The number of ether oxygens (including phenoxy) is 4. The maximum atomic E-state index is 13.2. The Labute approximate surface area is 187 Å². The van der Waals surface area contributed by atoms with E-state index in [2.05, 4.69) is 0 Å². The smallest absolute Gasteiger partial charge is 0.338 e. The second kappa shape index (κ2) is 8.26. The van der Waals surface area contributed by atoms with E-state index in [0.717, 1.165) is 11.8 Å². The van der Waals surface area contributed by atoms with Crippen molar-refractivity contribution in [3.63, 3.8) is 0 Å². The van der Waals surface area contributed by atoms with E-state index in [0.29, 0.717) is 17.9 Å². The minimum absolute atomic E-state index is 0.149. The minimum atomic E-state index is -3.65. The maximum Gasteiger partial charge on any atom is 0.338 e. The van der Waals surface area contributed by atoms with Crippen LogP contribution in [0.5, 0.6) is 0 Å². The fraction of sp³-hybridized carbons (Fsp3) is 0.545. The zero-order chi connectivity index (χ0) is 23.1. The van der Waals surface area contributed by atoms with Crippen LogP contribution >= 0.6 is 0 Å². The highest BCUT2D eigenvalue weighted by Crippen LogP contribution is 2.47. The molecule has 2 heterocycles. The van der Waals surface area contributed by atoms with Crippen molar-refractivity contribution in [3.8, 4) is 0 Å². The second-order valence-corrected chi connectivity index (χ2v) is 10.3. The van der Waals surface area contributed by atoms with Crippen LogP contribution in [0.4, 0.5) is 0 Å². The molecule has 0 aromatic heterocycles. The maximum absolute atomic E-state index is 13.2. The van der Waals surface area contributed by atoms with Crippen LogP contribution in [0, 0.1) is 5.92 Å². The van der Waals surface area contributed by atoms with Gasteiger partial charge in [-0.25, -0.2) is 9.79 Å². The van der Waals surface area contributed by atoms with Crippen molar-refractivity contribution in [2.24, 2.45) is 10.9 Å². The number of benzene rings is 1. The van der Waals surface area contributed by atoms with Crippen LogP contribution in [-0.4, -0.2) is 70.4 Å². The number of nitrogens with zero attached hydrogens (tertiary/aromatic N) is 1. The molecule has 1 fully saturated rings. The highest BCUT2D eigenvalue weighted by Gasteiger charge is 2.63. The quantitative estimate of drug-likeness (QED) is 0.356. The third kappa shape index (κ3) is 4.32. The second-order valence-electron chi connectivity index (χ2n) is 8.61. The number of methoxy groups -OCH3 is 1. The Morgan fingerprint density at radius 3 is 2.56 bits per heavy atom. The predicted molar refractivity (Wildman–Crippen MR) is 114 cm³/mol. The number of hydrogen-bond donors (Lipinski definition) is 0. The first-order chi connectivity index (χ1) is 15.0. The summed E-state index contributed by atoms with van der Waals surface area (Å²) >= 11 is 0. The molecule has 0 unspecified atom stereocenters. The number of carbonyl (C=O) groups is 1. The summed E-state index contributed by atoms with van der Waals surface area (Å²) in [7, 11) is -2.34. The van der Waals surface area contributed by atoms with Gasteiger partial charge >= 0.3 is 5.97 Å². The lowest BCUT2D eigenvalue weighted by molar-refractivity contribution is -0.164. The third-order valence-corrected chi connectivity index (χ3v) is 6.41. The van der Waals surface area contributed by atoms with Gasteiger partial charge in [0, 0.05) is 11.5 Å². The summed E-state index contributed by atoms with van der Waals surface area (Å²) in [6.07, 6.45) is 1.70. The number of fused-ring (bicyclic) bond motifs is 1. The molecule has 0 saturated carbocycles. The van der Waals surface area contributed by atoms with Gasteiger partial charge in [-0.15, -0.1) is 0 Å². The molecule has 32 heavy (non-hydrogen) atoms. The lowest BCUT2D eigenvalue weighted by Gasteiger charge is -2.41. The molecule has 4 rings (SSSR count). The molecule has 4 atom stereocenters. The molecular weight excluding hydrogens is 438 g/mol. The summed E-state index contributed by atoms with van der Waals surface area (Å²) in [5.41, 5.74) is -0.0128. The fourth-order valence-electron chi connectivity index (χ4n) is 4.45. The summed E-state index contributed by atoms with van der Waals surface area (Å²) in [6.45, 7) is 3.69. The molecule has 1 saturated heterocycles. The van der Waals surface area contributed by atoms with Gasteiger partial charge in [-0.2, -0.15) is 8.42 Å². The number of aliphatic imine (C=N–C) groups is 1. The van der Waals surface area contributed by atoms with Crippen LogP contribution in [0.2, 0.25) is 0 Å². The first-order valence-corrected chi connectivity index (χ1v) is 12.1. The average molecular weight is 466 g/mol. The fourth-order valence-corrected chi connectivity index (χ4v) is 4.82. The Morgan fingerprint density at radius 2 is 1.97 bits per heavy atom. The molecule has 1 aliphatic carbocycles. The van der Waals surface area contributed by atoms with E-state index in [1.165, 1.54) is 7.11 Å². The molecular formula is C22H27NO8S. The first kappa shape index (κ1) is 22.9. The molecule has 9 nitrogen and oxygen atoms in total. The van der Waals surface area contributed by atoms with Crippen molar-refractivity contribution in [1.82, 2.24) is 0 Å². The largest absolute Gasteiger partial charge is 0.467 e. The van der Waals surface area contributed by atoms with E-state index in [1.807, 2.05) is 30.3 Å². The van der Waals surface area contributed by atoms with Gasteiger partial charge in [-0.05, 0) is 44.1 Å². The minimum Gasteiger partial charge on any atom is -0.467 e. The number of rotatable bonds is 6. The Balaban J connectivity index is 1.78. The normalized spacial score (nSPS) is 31.3. The molecule has 3 aliphatic rings. The molecule has 0 bridgehead atoms. The van der Waals surface area contributed by atoms with Crippen LogP contribution in [0.25, 0.3) is 0 Å². The average Bonchev–Trinajstić information content (AvgIpc) is 3.31. The van der Waals surface area contributed by atoms with E-state index in [-0.39, 0.29) is 13.2 Å². The molecule has 0 radical (unpaired) electrons. The summed E-state index contributed by atoms with van der Waals surface area (Å²) in [5, 5.41) is 0. The molecule has 10 heteroatoms. The topological polar surface area (TPSA) is 110 Å². The van der Waals surface area contributed by atoms with Crippen LogP contribution in [0.1, 0.15) is 25.8 Å². The molecule has 2 aliphatic heterocycles. The van der Waals surface area contributed by atoms with E-state index in [1.54, 1.807) is 19.9 Å². The van der Waals surface area contributed by atoms with Crippen LogP contribution in [-0.2, 0) is 38.0 Å². The first-order valence-electron chi connectivity index (χ1n) is 10.3. The van der Waals surface area contributed by atoms with E-state index < -0.39 is 45.5 Å². The van der Waals surface area contributed by atoms with Gasteiger partial charge in [0.05, 0.1) is 32.7 Å². The van der Waals surface area contributed by atoms with E-state index in [4.69, 9.17) is 28.1 Å². The van der Waals surface area contributed by atoms with E-state index in [9.17, 15) is 13.2 Å². The summed E-state index contributed by atoms with van der Waals surface area (Å²) in [4.78, 5) is 18.0. The summed E-state index contributed by atoms with van der Waals surface area (Å²) in [6, 6.07) is 9.25. The van der Waals surface area contributed by atoms with Gasteiger partial charge in [0.2, 0.25) is 11.4 Å². The zero-order valence-electron chi connectivity index (χ0n) is 18.4. The Kier molecular flexibility index (Phi) is 5.91. The molecule has 0 amide bonds. The highest BCUT2D eigenvalue weighted by atomic mass is 32.2. The Morgan fingerprint density at radius 1 is 1.25 bits per heavy atom. The van der Waals surface area contributed by atoms with Crippen molar-refractivity contribution in [2.75, 3.05) is 26.6 Å². The van der Waals surface area contributed by atoms with Gasteiger partial charge in [0.25, 0.3) is 10.1 Å². The Bertz CT molecular complexity index is 1050. The lowest BCUT2D eigenvalue weighted by atomic mass is 9.69. The predicted octanol–water partition coefficient (Wildman–Crippen LogP) is 1.82.